The molecular formula is C22H33N3O. The Bertz CT molecular complexity index is 760. The number of benzene rings is 1. The Labute approximate surface area is 157 Å². The summed E-state index contributed by atoms with van der Waals surface area (Å²) < 4.78 is 0. The number of carbonyl (C=O) groups excluding carboxylic acids is 1. The molecule has 1 amide bonds. The molecule has 1 aliphatic heterocycles. The minimum atomic E-state index is 0.190. The average molecular weight is 356 g/mol. The first-order chi connectivity index (χ1) is 12.6. The van der Waals surface area contributed by atoms with Crippen molar-refractivity contribution in [1.29, 1.82) is 0 Å². The third kappa shape index (κ3) is 3.80. The third-order valence-electron chi connectivity index (χ3n) is 5.98. The fraction of sp³-hybridized carbons (Fsp3) is 0.591. The number of fused-ring (bicyclic) bond motifs is 1. The number of nitrogens with zero attached hydrogens (tertiary/aromatic N) is 2. The molecule has 2 heterocycles. The van der Waals surface area contributed by atoms with Gasteiger partial charge in [-0.3, -0.25) is 4.79 Å². The monoisotopic (exact) mass is 355 g/mol. The van der Waals surface area contributed by atoms with Crippen molar-refractivity contribution < 1.29 is 4.79 Å². The fourth-order valence-corrected chi connectivity index (χ4v) is 4.30. The first kappa shape index (κ1) is 19.0. The van der Waals surface area contributed by atoms with E-state index in [2.05, 4.69) is 54.6 Å². The zero-order valence-corrected chi connectivity index (χ0v) is 16.8. The lowest BCUT2D eigenvalue weighted by Crippen LogP contribution is -2.43. The Hall–Kier alpha value is -1.81. The van der Waals surface area contributed by atoms with Crippen molar-refractivity contribution >= 4 is 16.8 Å². The number of aromatic nitrogens is 1. The minimum Gasteiger partial charge on any atom is -0.358 e. The van der Waals surface area contributed by atoms with E-state index in [9.17, 15) is 4.79 Å². The lowest BCUT2D eigenvalue weighted by molar-refractivity contribution is 0.0644. The lowest BCUT2D eigenvalue weighted by Gasteiger charge is -2.35. The zero-order chi connectivity index (χ0) is 18.7. The molecule has 1 aromatic carbocycles. The Morgan fingerprint density at radius 3 is 2.73 bits per heavy atom. The molecular weight excluding hydrogens is 322 g/mol. The molecule has 0 bridgehead atoms. The van der Waals surface area contributed by atoms with Crippen LogP contribution >= 0.6 is 0 Å². The van der Waals surface area contributed by atoms with Gasteiger partial charge in [0.25, 0.3) is 5.91 Å². The standard InChI is InChI=1S/C22H33N3O/c1-5-20-16(4)19-13-18(10-11-21(19)23-20)22(26)25-12-8-9-17(15-25)14-24(6-2)7-3/h10-11,13,17,23H,5-9,12,14-15H2,1-4H3/t17-/m0/s1. The second kappa shape index (κ2) is 8.26. The maximum atomic E-state index is 13.1. The van der Waals surface area contributed by atoms with Gasteiger partial charge < -0.3 is 14.8 Å². The molecule has 1 saturated heterocycles. The Kier molecular flexibility index (Phi) is 6.02. The van der Waals surface area contributed by atoms with Gasteiger partial charge in [0.1, 0.15) is 0 Å². The van der Waals surface area contributed by atoms with Crippen LogP contribution in [-0.4, -0.2) is 53.4 Å². The van der Waals surface area contributed by atoms with E-state index in [4.69, 9.17) is 0 Å². The highest BCUT2D eigenvalue weighted by Gasteiger charge is 2.25. The largest absolute Gasteiger partial charge is 0.358 e. The van der Waals surface area contributed by atoms with E-state index < -0.39 is 0 Å². The first-order valence-electron chi connectivity index (χ1n) is 10.2. The van der Waals surface area contributed by atoms with Gasteiger partial charge in [0, 0.05) is 41.8 Å². The summed E-state index contributed by atoms with van der Waals surface area (Å²) in [6.45, 7) is 13.8. The van der Waals surface area contributed by atoms with Crippen LogP contribution in [0.25, 0.3) is 10.9 Å². The molecule has 2 aromatic rings. The molecule has 26 heavy (non-hydrogen) atoms. The van der Waals surface area contributed by atoms with Gasteiger partial charge in [-0.2, -0.15) is 0 Å². The van der Waals surface area contributed by atoms with E-state index in [1.165, 1.54) is 23.1 Å². The number of aryl methyl sites for hydroxylation is 2. The molecule has 0 spiro atoms. The van der Waals surface area contributed by atoms with Crippen LogP contribution in [0.2, 0.25) is 0 Å². The molecule has 1 atom stereocenters. The molecule has 0 radical (unpaired) electrons. The van der Waals surface area contributed by atoms with Gasteiger partial charge in [0.05, 0.1) is 0 Å². The maximum Gasteiger partial charge on any atom is 0.253 e. The number of amides is 1. The highest BCUT2D eigenvalue weighted by atomic mass is 16.2. The third-order valence-corrected chi connectivity index (χ3v) is 5.98. The number of piperidine rings is 1. The quantitative estimate of drug-likeness (QED) is 0.842. The molecule has 1 N–H and O–H groups in total. The highest BCUT2D eigenvalue weighted by molar-refractivity contribution is 5.99. The number of hydrogen-bond donors (Lipinski definition) is 1. The number of likely N-dealkylation sites (tertiary alicyclic amines) is 1. The van der Waals surface area contributed by atoms with Gasteiger partial charge in [-0.25, -0.2) is 0 Å². The Balaban J connectivity index is 1.75. The number of aromatic amines is 1. The zero-order valence-electron chi connectivity index (χ0n) is 16.8. The van der Waals surface area contributed by atoms with Gasteiger partial charge in [-0.05, 0) is 69.0 Å². The van der Waals surface area contributed by atoms with Gasteiger partial charge in [-0.1, -0.05) is 20.8 Å². The summed E-state index contributed by atoms with van der Waals surface area (Å²) in [5.74, 6) is 0.784. The van der Waals surface area contributed by atoms with Crippen LogP contribution in [0.5, 0.6) is 0 Å². The molecule has 4 heteroatoms. The average Bonchev–Trinajstić information content (AvgIpc) is 3.01. The van der Waals surface area contributed by atoms with Crippen molar-refractivity contribution in [2.24, 2.45) is 5.92 Å². The van der Waals surface area contributed by atoms with Crippen LogP contribution in [0.15, 0.2) is 18.2 Å². The Morgan fingerprint density at radius 1 is 1.27 bits per heavy atom. The number of rotatable bonds is 6. The normalized spacial score (nSPS) is 18.0. The highest BCUT2D eigenvalue weighted by Crippen LogP contribution is 2.25. The van der Waals surface area contributed by atoms with E-state index in [1.54, 1.807) is 0 Å². The summed E-state index contributed by atoms with van der Waals surface area (Å²) in [5, 5.41) is 1.18. The minimum absolute atomic E-state index is 0.190. The van der Waals surface area contributed by atoms with Crippen LogP contribution in [-0.2, 0) is 6.42 Å². The van der Waals surface area contributed by atoms with Crippen molar-refractivity contribution in [3.8, 4) is 0 Å². The predicted molar refractivity (Wildman–Crippen MR) is 109 cm³/mol. The summed E-state index contributed by atoms with van der Waals surface area (Å²) in [6.07, 6.45) is 3.34. The predicted octanol–water partition coefficient (Wildman–Crippen LogP) is 4.23. The summed E-state index contributed by atoms with van der Waals surface area (Å²) in [4.78, 5) is 21.1. The van der Waals surface area contributed by atoms with Gasteiger partial charge in [0.15, 0.2) is 0 Å². The molecule has 4 nitrogen and oxygen atoms in total. The van der Waals surface area contributed by atoms with Crippen molar-refractivity contribution in [2.45, 2.75) is 47.0 Å². The molecule has 0 saturated carbocycles. The number of nitrogens with one attached hydrogen (secondary N) is 1. The summed E-state index contributed by atoms with van der Waals surface area (Å²) in [7, 11) is 0. The smallest absolute Gasteiger partial charge is 0.253 e. The first-order valence-corrected chi connectivity index (χ1v) is 10.2. The topological polar surface area (TPSA) is 39.3 Å². The van der Waals surface area contributed by atoms with Crippen molar-refractivity contribution in [1.82, 2.24) is 14.8 Å². The van der Waals surface area contributed by atoms with Crippen LogP contribution in [0.3, 0.4) is 0 Å². The molecule has 0 aliphatic carbocycles. The number of H-pyrrole nitrogens is 1. The van der Waals surface area contributed by atoms with Crippen LogP contribution < -0.4 is 0 Å². The van der Waals surface area contributed by atoms with E-state index in [1.807, 2.05) is 6.07 Å². The SMILES string of the molecule is CCc1[nH]c2ccc(C(=O)N3CCC[C@@H](CN(CC)CC)C3)cc2c1C. The van der Waals surface area contributed by atoms with E-state index in [0.717, 1.165) is 56.6 Å². The van der Waals surface area contributed by atoms with Gasteiger partial charge in [-0.15, -0.1) is 0 Å². The summed E-state index contributed by atoms with van der Waals surface area (Å²) >= 11 is 0. The molecule has 1 fully saturated rings. The van der Waals surface area contributed by atoms with Crippen LogP contribution in [0.4, 0.5) is 0 Å². The summed E-state index contributed by atoms with van der Waals surface area (Å²) in [6, 6.07) is 6.12. The molecule has 1 aromatic heterocycles. The van der Waals surface area contributed by atoms with Crippen molar-refractivity contribution in [3.63, 3.8) is 0 Å². The van der Waals surface area contributed by atoms with Gasteiger partial charge in [0.2, 0.25) is 0 Å². The number of carbonyl (C=O) groups is 1. The molecule has 3 rings (SSSR count). The van der Waals surface area contributed by atoms with Crippen molar-refractivity contribution in [3.05, 3.63) is 35.0 Å². The molecule has 0 unspecified atom stereocenters. The molecule has 1 aliphatic rings. The maximum absolute atomic E-state index is 13.1. The van der Waals surface area contributed by atoms with Crippen LogP contribution in [0, 0.1) is 12.8 Å². The second-order valence-electron chi connectivity index (χ2n) is 7.59. The summed E-state index contributed by atoms with van der Waals surface area (Å²) in [5.41, 5.74) is 4.50. The fourth-order valence-electron chi connectivity index (χ4n) is 4.30. The van der Waals surface area contributed by atoms with Crippen LogP contribution in [0.1, 0.15) is 55.2 Å². The second-order valence-corrected chi connectivity index (χ2v) is 7.59. The molecule has 142 valence electrons. The van der Waals surface area contributed by atoms with Crippen molar-refractivity contribution in [2.75, 3.05) is 32.7 Å². The van der Waals surface area contributed by atoms with E-state index in [0.29, 0.717) is 5.92 Å². The van der Waals surface area contributed by atoms with Gasteiger partial charge >= 0.3 is 0 Å². The number of hydrogen-bond acceptors (Lipinski definition) is 2. The lowest BCUT2D eigenvalue weighted by atomic mass is 9.96. The van der Waals surface area contributed by atoms with E-state index >= 15 is 0 Å². The van der Waals surface area contributed by atoms with E-state index in [-0.39, 0.29) is 5.91 Å². The Morgan fingerprint density at radius 2 is 2.04 bits per heavy atom.